The van der Waals surface area contributed by atoms with Crippen molar-refractivity contribution in [2.75, 3.05) is 7.11 Å². The molecule has 0 aliphatic heterocycles. The normalized spacial score (nSPS) is 11.2. The SMILES string of the molecule is CCCn1nc(C)c2c(C(=O)OC)cc(-c3cnn(C)c3C)nc21. The molecule has 0 aliphatic carbocycles. The Kier molecular flexibility index (Phi) is 4.09. The largest absolute Gasteiger partial charge is 0.465 e. The fourth-order valence-electron chi connectivity index (χ4n) is 2.88. The van der Waals surface area contributed by atoms with Crippen LogP contribution in [0.4, 0.5) is 0 Å². The minimum atomic E-state index is -0.385. The molecule has 0 radical (unpaired) electrons. The van der Waals surface area contributed by atoms with Crippen molar-refractivity contribution < 1.29 is 9.53 Å². The number of carbonyl (C=O) groups is 1. The van der Waals surface area contributed by atoms with Crippen LogP contribution in [-0.2, 0) is 18.3 Å². The van der Waals surface area contributed by atoms with Crippen molar-refractivity contribution in [2.24, 2.45) is 7.05 Å². The molecule has 7 nitrogen and oxygen atoms in total. The van der Waals surface area contributed by atoms with Crippen LogP contribution in [0.2, 0.25) is 0 Å². The molecule has 3 rings (SSSR count). The van der Waals surface area contributed by atoms with Crippen molar-refractivity contribution in [2.45, 2.75) is 33.7 Å². The van der Waals surface area contributed by atoms with Gasteiger partial charge in [0.15, 0.2) is 5.65 Å². The summed E-state index contributed by atoms with van der Waals surface area (Å²) in [7, 11) is 3.26. The number of nitrogens with zero attached hydrogens (tertiary/aromatic N) is 5. The van der Waals surface area contributed by atoms with Gasteiger partial charge in [-0.05, 0) is 26.3 Å². The molecule has 0 bridgehead atoms. The monoisotopic (exact) mass is 327 g/mol. The van der Waals surface area contributed by atoms with E-state index in [1.54, 1.807) is 16.9 Å². The molecule has 3 aromatic heterocycles. The van der Waals surface area contributed by atoms with Crippen molar-refractivity contribution in [3.05, 3.63) is 29.2 Å². The summed E-state index contributed by atoms with van der Waals surface area (Å²) in [5, 5.41) is 9.56. The lowest BCUT2D eigenvalue weighted by Gasteiger charge is -2.07. The van der Waals surface area contributed by atoms with E-state index in [1.807, 2.05) is 25.6 Å². The summed E-state index contributed by atoms with van der Waals surface area (Å²) >= 11 is 0. The molecule has 3 aromatic rings. The van der Waals surface area contributed by atoms with Gasteiger partial charge in [0, 0.05) is 24.8 Å². The first-order chi connectivity index (χ1) is 11.5. The zero-order valence-electron chi connectivity index (χ0n) is 14.6. The zero-order chi connectivity index (χ0) is 17.4. The van der Waals surface area contributed by atoms with Crippen molar-refractivity contribution in [1.82, 2.24) is 24.5 Å². The molecule has 0 spiro atoms. The van der Waals surface area contributed by atoms with E-state index in [0.29, 0.717) is 16.9 Å². The van der Waals surface area contributed by atoms with Gasteiger partial charge in [-0.1, -0.05) is 6.92 Å². The Morgan fingerprint density at radius 1 is 1.33 bits per heavy atom. The van der Waals surface area contributed by atoms with Gasteiger partial charge in [0.25, 0.3) is 0 Å². The van der Waals surface area contributed by atoms with Crippen LogP contribution in [0.25, 0.3) is 22.3 Å². The van der Waals surface area contributed by atoms with Crippen LogP contribution in [0, 0.1) is 13.8 Å². The van der Waals surface area contributed by atoms with Gasteiger partial charge in [-0.2, -0.15) is 10.2 Å². The Bertz CT molecular complexity index is 923. The molecule has 0 aliphatic rings. The van der Waals surface area contributed by atoms with E-state index in [4.69, 9.17) is 9.72 Å². The molecule has 0 saturated carbocycles. The number of aromatic nitrogens is 5. The topological polar surface area (TPSA) is 74.8 Å². The number of ether oxygens (including phenoxy) is 1. The lowest BCUT2D eigenvalue weighted by molar-refractivity contribution is 0.0603. The van der Waals surface area contributed by atoms with Gasteiger partial charge in [-0.25, -0.2) is 14.5 Å². The van der Waals surface area contributed by atoms with Crippen LogP contribution in [0.15, 0.2) is 12.3 Å². The molecule has 0 atom stereocenters. The van der Waals surface area contributed by atoms with Gasteiger partial charge < -0.3 is 4.74 Å². The van der Waals surface area contributed by atoms with Crippen LogP contribution in [0.5, 0.6) is 0 Å². The van der Waals surface area contributed by atoms with E-state index >= 15 is 0 Å². The number of rotatable bonds is 4. The summed E-state index contributed by atoms with van der Waals surface area (Å²) in [6.07, 6.45) is 2.69. The van der Waals surface area contributed by atoms with E-state index in [9.17, 15) is 4.79 Å². The van der Waals surface area contributed by atoms with Gasteiger partial charge in [-0.3, -0.25) is 4.68 Å². The summed E-state index contributed by atoms with van der Waals surface area (Å²) in [4.78, 5) is 17.1. The summed E-state index contributed by atoms with van der Waals surface area (Å²) < 4.78 is 8.61. The lowest BCUT2D eigenvalue weighted by atomic mass is 10.1. The van der Waals surface area contributed by atoms with Crippen molar-refractivity contribution in [3.8, 4) is 11.3 Å². The highest BCUT2D eigenvalue weighted by Crippen LogP contribution is 2.29. The summed E-state index contributed by atoms with van der Waals surface area (Å²) in [6.45, 7) is 6.69. The summed E-state index contributed by atoms with van der Waals surface area (Å²) in [5.74, 6) is -0.385. The average Bonchev–Trinajstić information content (AvgIpc) is 3.07. The van der Waals surface area contributed by atoms with E-state index < -0.39 is 0 Å². The molecule has 0 amide bonds. The first-order valence-electron chi connectivity index (χ1n) is 7.93. The first kappa shape index (κ1) is 16.2. The molecule has 3 heterocycles. The van der Waals surface area contributed by atoms with Crippen molar-refractivity contribution >= 4 is 17.0 Å². The van der Waals surface area contributed by atoms with Crippen molar-refractivity contribution in [1.29, 1.82) is 0 Å². The van der Waals surface area contributed by atoms with E-state index in [0.717, 1.165) is 35.3 Å². The molecule has 7 heteroatoms. The van der Waals surface area contributed by atoms with Gasteiger partial charge >= 0.3 is 5.97 Å². The predicted octanol–water partition coefficient (Wildman–Crippen LogP) is 2.65. The molecular weight excluding hydrogens is 306 g/mol. The second kappa shape index (κ2) is 6.07. The molecular formula is C17H21N5O2. The molecule has 0 fully saturated rings. The quantitative estimate of drug-likeness (QED) is 0.689. The van der Waals surface area contributed by atoms with Crippen molar-refractivity contribution in [3.63, 3.8) is 0 Å². The fraction of sp³-hybridized carbons (Fsp3) is 0.412. The summed E-state index contributed by atoms with van der Waals surface area (Å²) in [6, 6.07) is 1.77. The van der Waals surface area contributed by atoms with Gasteiger partial charge in [0.2, 0.25) is 0 Å². The minimum absolute atomic E-state index is 0.385. The first-order valence-corrected chi connectivity index (χ1v) is 7.93. The smallest absolute Gasteiger partial charge is 0.338 e. The molecule has 0 aromatic carbocycles. The Balaban J connectivity index is 2.34. The molecule has 0 N–H and O–H groups in total. The Morgan fingerprint density at radius 2 is 2.08 bits per heavy atom. The van der Waals surface area contributed by atoms with E-state index in [2.05, 4.69) is 17.1 Å². The predicted molar refractivity (Wildman–Crippen MR) is 90.8 cm³/mol. The highest BCUT2D eigenvalue weighted by atomic mass is 16.5. The maximum absolute atomic E-state index is 12.3. The molecule has 24 heavy (non-hydrogen) atoms. The van der Waals surface area contributed by atoms with Crippen LogP contribution >= 0.6 is 0 Å². The number of fused-ring (bicyclic) bond motifs is 1. The Hall–Kier alpha value is -2.70. The molecule has 126 valence electrons. The van der Waals surface area contributed by atoms with Gasteiger partial charge in [0.05, 0.1) is 35.6 Å². The number of carbonyl (C=O) groups excluding carboxylic acids is 1. The molecule has 0 unspecified atom stereocenters. The Labute approximate surface area is 140 Å². The summed E-state index contributed by atoms with van der Waals surface area (Å²) in [5.41, 5.74) is 4.55. The zero-order valence-corrected chi connectivity index (χ0v) is 14.6. The maximum Gasteiger partial charge on any atom is 0.338 e. The third-order valence-corrected chi connectivity index (χ3v) is 4.23. The number of hydrogen-bond donors (Lipinski definition) is 0. The maximum atomic E-state index is 12.3. The van der Waals surface area contributed by atoms with E-state index in [1.165, 1.54) is 7.11 Å². The highest BCUT2D eigenvalue weighted by Gasteiger charge is 2.21. The van der Waals surface area contributed by atoms with Crippen LogP contribution in [-0.4, -0.2) is 37.6 Å². The number of methoxy groups -OCH3 is 1. The average molecular weight is 327 g/mol. The number of aryl methyl sites for hydroxylation is 3. The number of hydrogen-bond acceptors (Lipinski definition) is 5. The second-order valence-electron chi connectivity index (χ2n) is 5.82. The fourth-order valence-corrected chi connectivity index (χ4v) is 2.88. The molecule has 0 saturated heterocycles. The number of esters is 1. The lowest BCUT2D eigenvalue weighted by Crippen LogP contribution is -2.06. The van der Waals surface area contributed by atoms with Gasteiger partial charge in [-0.15, -0.1) is 0 Å². The van der Waals surface area contributed by atoms with E-state index in [-0.39, 0.29) is 5.97 Å². The second-order valence-corrected chi connectivity index (χ2v) is 5.82. The van der Waals surface area contributed by atoms with Crippen LogP contribution in [0.1, 0.15) is 35.1 Å². The highest BCUT2D eigenvalue weighted by molar-refractivity contribution is 6.05. The minimum Gasteiger partial charge on any atom is -0.465 e. The van der Waals surface area contributed by atoms with Gasteiger partial charge in [0.1, 0.15) is 0 Å². The standard InChI is InChI=1S/C17H21N5O2/c1-6-7-22-16-15(10(2)20-22)12(17(23)24-5)8-14(19-16)13-9-18-21(4)11(13)3/h8-9H,6-7H2,1-5H3. The third kappa shape index (κ3) is 2.46. The number of pyridine rings is 1. The van der Waals surface area contributed by atoms with Crippen LogP contribution in [0.3, 0.4) is 0 Å². The Morgan fingerprint density at radius 3 is 2.67 bits per heavy atom. The van der Waals surface area contributed by atoms with Crippen LogP contribution < -0.4 is 0 Å². The third-order valence-electron chi connectivity index (χ3n) is 4.23.